The Morgan fingerprint density at radius 2 is 1.78 bits per heavy atom. The second kappa shape index (κ2) is 9.05. The summed E-state index contributed by atoms with van der Waals surface area (Å²) < 4.78 is 71.7. The maximum absolute atomic E-state index is 13.0. The number of benzene rings is 2. The average molecular weight is 486 g/mol. The van der Waals surface area contributed by atoms with Crippen molar-refractivity contribution in [1.82, 2.24) is 4.98 Å². The fourth-order valence-corrected chi connectivity index (χ4v) is 3.90. The van der Waals surface area contributed by atoms with E-state index in [1.807, 2.05) is 0 Å². The Kier molecular flexibility index (Phi) is 6.60. The minimum atomic E-state index is -4.80. The zero-order chi connectivity index (χ0) is 23.5. The summed E-state index contributed by atoms with van der Waals surface area (Å²) >= 11 is 5.53. The third-order valence-electron chi connectivity index (χ3n) is 4.14. The van der Waals surface area contributed by atoms with Gasteiger partial charge >= 0.3 is 6.18 Å². The van der Waals surface area contributed by atoms with Gasteiger partial charge < -0.3 is 10.5 Å². The molecule has 0 atom stereocenters. The molecule has 0 radical (unpaired) electrons. The highest BCUT2D eigenvalue weighted by atomic mass is 35.5. The number of aromatic nitrogens is 1. The molecule has 0 saturated carbocycles. The molecule has 0 aliphatic carbocycles. The third kappa shape index (κ3) is 5.68. The van der Waals surface area contributed by atoms with E-state index in [4.69, 9.17) is 22.1 Å². The van der Waals surface area contributed by atoms with Crippen LogP contribution in [0.25, 0.3) is 0 Å². The van der Waals surface area contributed by atoms with Gasteiger partial charge in [-0.2, -0.15) is 13.2 Å². The number of amides is 1. The third-order valence-corrected chi connectivity index (χ3v) is 5.85. The van der Waals surface area contributed by atoms with Crippen LogP contribution in [0, 0.1) is 0 Å². The largest absolute Gasteiger partial charge is 0.489 e. The van der Waals surface area contributed by atoms with E-state index in [1.54, 1.807) is 6.07 Å². The number of carbonyl (C=O) groups excluding carboxylic acids is 1. The number of nitrogens with two attached hydrogens (primary N) is 1. The Hall–Kier alpha value is -3.31. The van der Waals surface area contributed by atoms with Gasteiger partial charge in [0.25, 0.3) is 15.9 Å². The fraction of sp³-hybridized carbons (Fsp3) is 0.100. The molecule has 32 heavy (non-hydrogen) atoms. The maximum atomic E-state index is 13.0. The van der Waals surface area contributed by atoms with Crippen molar-refractivity contribution in [2.45, 2.75) is 17.7 Å². The average Bonchev–Trinajstić information content (AvgIpc) is 2.72. The zero-order valence-electron chi connectivity index (χ0n) is 16.1. The topological polar surface area (TPSA) is 111 Å². The van der Waals surface area contributed by atoms with E-state index in [9.17, 15) is 26.4 Å². The van der Waals surface area contributed by atoms with Crippen LogP contribution < -0.4 is 15.2 Å². The van der Waals surface area contributed by atoms with E-state index in [0.29, 0.717) is 17.4 Å². The highest BCUT2D eigenvalue weighted by Crippen LogP contribution is 2.36. The van der Waals surface area contributed by atoms with Crippen LogP contribution in [0.3, 0.4) is 0 Å². The lowest BCUT2D eigenvalue weighted by molar-refractivity contribution is -0.137. The molecule has 0 unspecified atom stereocenters. The number of alkyl halides is 3. The molecule has 0 spiro atoms. The summed E-state index contributed by atoms with van der Waals surface area (Å²) in [6.45, 7) is 0.0961. The molecule has 3 rings (SSSR count). The molecule has 2 aromatic carbocycles. The summed E-state index contributed by atoms with van der Waals surface area (Å²) in [5.41, 5.74) is 4.77. The van der Waals surface area contributed by atoms with E-state index < -0.39 is 37.6 Å². The quantitative estimate of drug-likeness (QED) is 0.520. The van der Waals surface area contributed by atoms with Gasteiger partial charge in [-0.1, -0.05) is 11.6 Å². The van der Waals surface area contributed by atoms with Gasteiger partial charge in [0, 0.05) is 11.9 Å². The number of carbonyl (C=O) groups is 1. The molecule has 0 aliphatic heterocycles. The predicted molar refractivity (Wildman–Crippen MR) is 111 cm³/mol. The number of pyridine rings is 1. The molecule has 0 aliphatic rings. The van der Waals surface area contributed by atoms with E-state index >= 15 is 0 Å². The molecule has 3 N–H and O–H groups in total. The molecular formula is C20H15ClF3N3O4S. The van der Waals surface area contributed by atoms with Gasteiger partial charge in [0.05, 0.1) is 15.5 Å². The van der Waals surface area contributed by atoms with Crippen molar-refractivity contribution < 1.29 is 31.1 Å². The highest BCUT2D eigenvalue weighted by Gasteiger charge is 2.34. The monoisotopic (exact) mass is 485 g/mol. The van der Waals surface area contributed by atoms with Gasteiger partial charge in [-0.25, -0.2) is 8.42 Å². The Morgan fingerprint density at radius 1 is 1.09 bits per heavy atom. The van der Waals surface area contributed by atoms with Gasteiger partial charge in [0.2, 0.25) is 0 Å². The predicted octanol–water partition coefficient (Wildman–Crippen LogP) is 4.23. The van der Waals surface area contributed by atoms with Crippen LogP contribution >= 0.6 is 11.6 Å². The SMILES string of the molecule is NC(=O)c1cc(COc2ccc(NS(=O)(=O)c3ccc(Cl)c(C(F)(F)F)c3)cc2)ccn1. The van der Waals surface area contributed by atoms with Crippen molar-refractivity contribution in [3.05, 3.63) is 82.6 Å². The Bertz CT molecular complexity index is 1250. The smallest absolute Gasteiger partial charge is 0.417 e. The van der Waals surface area contributed by atoms with Crippen molar-refractivity contribution in [1.29, 1.82) is 0 Å². The first-order chi connectivity index (χ1) is 15.0. The molecule has 12 heteroatoms. The molecule has 3 aromatic rings. The van der Waals surface area contributed by atoms with Gasteiger partial charge in [-0.15, -0.1) is 0 Å². The van der Waals surface area contributed by atoms with Gasteiger partial charge in [-0.05, 0) is 60.2 Å². The Labute approximate surface area is 186 Å². The number of hydrogen-bond donors (Lipinski definition) is 2. The first kappa shape index (κ1) is 23.4. The number of hydrogen-bond acceptors (Lipinski definition) is 5. The number of primary amides is 1. The molecule has 168 valence electrons. The molecular weight excluding hydrogens is 471 g/mol. The van der Waals surface area contributed by atoms with Crippen LogP contribution in [0.4, 0.5) is 18.9 Å². The number of nitrogens with zero attached hydrogens (tertiary/aromatic N) is 1. The lowest BCUT2D eigenvalue weighted by Crippen LogP contribution is -2.15. The highest BCUT2D eigenvalue weighted by molar-refractivity contribution is 7.92. The minimum absolute atomic E-state index is 0.0896. The fourth-order valence-electron chi connectivity index (χ4n) is 2.59. The molecule has 7 nitrogen and oxygen atoms in total. The first-order valence-corrected chi connectivity index (χ1v) is 10.7. The van der Waals surface area contributed by atoms with Crippen LogP contribution in [-0.4, -0.2) is 19.3 Å². The van der Waals surface area contributed by atoms with Crippen LogP contribution in [0.2, 0.25) is 5.02 Å². The molecule has 1 heterocycles. The molecule has 1 amide bonds. The van der Waals surface area contributed by atoms with Gasteiger partial charge in [-0.3, -0.25) is 14.5 Å². The number of nitrogens with one attached hydrogen (secondary N) is 1. The normalized spacial score (nSPS) is 11.8. The first-order valence-electron chi connectivity index (χ1n) is 8.83. The summed E-state index contributed by atoms with van der Waals surface area (Å²) in [5.74, 6) is -0.289. The van der Waals surface area contributed by atoms with Crippen LogP contribution in [0.15, 0.2) is 65.7 Å². The number of rotatable bonds is 7. The molecule has 0 bridgehead atoms. The summed E-state index contributed by atoms with van der Waals surface area (Å²) in [6.07, 6.45) is -3.38. The number of ether oxygens (including phenoxy) is 1. The van der Waals surface area contributed by atoms with Crippen molar-refractivity contribution >= 4 is 33.2 Å². The van der Waals surface area contributed by atoms with E-state index in [1.165, 1.54) is 36.5 Å². The zero-order valence-corrected chi connectivity index (χ0v) is 17.6. The molecule has 0 saturated heterocycles. The van der Waals surface area contributed by atoms with Crippen LogP contribution in [-0.2, 0) is 22.8 Å². The van der Waals surface area contributed by atoms with Gasteiger partial charge in [0.15, 0.2) is 0 Å². The summed E-state index contributed by atoms with van der Waals surface area (Å²) in [5, 5.41) is -0.602. The van der Waals surface area contributed by atoms with E-state index in [2.05, 4.69) is 9.71 Å². The van der Waals surface area contributed by atoms with E-state index in [0.717, 1.165) is 12.1 Å². The summed E-state index contributed by atoms with van der Waals surface area (Å²) in [4.78, 5) is 14.4. The maximum Gasteiger partial charge on any atom is 0.417 e. The van der Waals surface area contributed by atoms with Crippen molar-refractivity contribution in [2.75, 3.05) is 4.72 Å². The standard InChI is InChI=1S/C20H15ClF3N3O4S/c21-17-6-5-15(10-16(17)20(22,23)24)32(29,30)27-13-1-3-14(4-2-13)31-11-12-7-8-26-18(9-12)19(25)28/h1-10,27H,11H2,(H2,25,28). The lowest BCUT2D eigenvalue weighted by atomic mass is 10.2. The molecule has 1 aromatic heterocycles. The Balaban J connectivity index is 1.70. The summed E-state index contributed by atoms with van der Waals surface area (Å²) in [7, 11) is -4.29. The molecule has 0 fully saturated rings. The number of sulfonamides is 1. The van der Waals surface area contributed by atoms with Gasteiger partial charge in [0.1, 0.15) is 18.1 Å². The van der Waals surface area contributed by atoms with Crippen LogP contribution in [0.1, 0.15) is 21.6 Å². The second-order valence-electron chi connectivity index (χ2n) is 6.47. The van der Waals surface area contributed by atoms with Crippen molar-refractivity contribution in [3.8, 4) is 5.75 Å². The lowest BCUT2D eigenvalue weighted by Gasteiger charge is -2.13. The Morgan fingerprint density at radius 3 is 2.41 bits per heavy atom. The van der Waals surface area contributed by atoms with Crippen molar-refractivity contribution in [2.24, 2.45) is 5.73 Å². The van der Waals surface area contributed by atoms with Crippen molar-refractivity contribution in [3.63, 3.8) is 0 Å². The summed E-state index contributed by atoms with van der Waals surface area (Å²) in [6, 6.07) is 11.1. The second-order valence-corrected chi connectivity index (χ2v) is 8.56. The number of anilines is 1. The number of halogens is 4. The van der Waals surface area contributed by atoms with Crippen LogP contribution in [0.5, 0.6) is 5.75 Å². The van der Waals surface area contributed by atoms with E-state index in [-0.39, 0.29) is 18.0 Å². The minimum Gasteiger partial charge on any atom is -0.489 e.